The van der Waals surface area contributed by atoms with Crippen LogP contribution in [0.3, 0.4) is 0 Å². The predicted molar refractivity (Wildman–Crippen MR) is 108 cm³/mol. The van der Waals surface area contributed by atoms with Crippen LogP contribution >= 0.6 is 0 Å². The van der Waals surface area contributed by atoms with Crippen LogP contribution in [0.5, 0.6) is 5.88 Å². The van der Waals surface area contributed by atoms with E-state index in [4.69, 9.17) is 29.8 Å². The Morgan fingerprint density at radius 2 is 1.59 bits per heavy atom. The van der Waals surface area contributed by atoms with E-state index < -0.39 is 6.09 Å². The summed E-state index contributed by atoms with van der Waals surface area (Å²) in [6.45, 7) is 2.23. The Morgan fingerprint density at radius 3 is 2.24 bits per heavy atom. The number of carbonyl (C=O) groups excluding carboxylic acids is 1. The van der Waals surface area contributed by atoms with Crippen LogP contribution in [0.25, 0.3) is 12.2 Å². The lowest BCUT2D eigenvalue weighted by Gasteiger charge is -2.07. The number of benzene rings is 1. The molecule has 29 heavy (non-hydrogen) atoms. The number of pyridine rings is 1. The van der Waals surface area contributed by atoms with Gasteiger partial charge in [0.2, 0.25) is 5.88 Å². The van der Waals surface area contributed by atoms with E-state index in [0.29, 0.717) is 38.9 Å². The Balaban J connectivity index is 1.69. The minimum Gasteiger partial charge on any atom is -0.475 e. The van der Waals surface area contributed by atoms with Gasteiger partial charge in [0.25, 0.3) is 0 Å². The van der Waals surface area contributed by atoms with Crippen LogP contribution in [0.15, 0.2) is 42.6 Å². The summed E-state index contributed by atoms with van der Waals surface area (Å²) >= 11 is 0. The second kappa shape index (κ2) is 13.3. The minimum atomic E-state index is -0.787. The van der Waals surface area contributed by atoms with Crippen molar-refractivity contribution in [1.82, 2.24) is 4.98 Å². The maximum atomic E-state index is 10.6. The van der Waals surface area contributed by atoms with Crippen molar-refractivity contribution < 1.29 is 28.8 Å². The van der Waals surface area contributed by atoms with Gasteiger partial charge in [0, 0.05) is 12.3 Å². The van der Waals surface area contributed by atoms with Gasteiger partial charge in [0.05, 0.1) is 33.0 Å². The molecule has 1 heterocycles. The van der Waals surface area contributed by atoms with Gasteiger partial charge in [-0.05, 0) is 22.8 Å². The van der Waals surface area contributed by atoms with Gasteiger partial charge >= 0.3 is 6.09 Å². The summed E-state index contributed by atoms with van der Waals surface area (Å²) in [6.07, 6.45) is 4.85. The average molecular weight is 402 g/mol. The summed E-state index contributed by atoms with van der Waals surface area (Å²) in [5.74, 6) is 0.529. The van der Waals surface area contributed by atoms with Crippen molar-refractivity contribution in [3.8, 4) is 5.88 Å². The van der Waals surface area contributed by atoms with E-state index >= 15 is 0 Å². The summed E-state index contributed by atoms with van der Waals surface area (Å²) in [5.41, 5.74) is 7.76. The Kier molecular flexibility index (Phi) is 10.2. The van der Waals surface area contributed by atoms with Gasteiger partial charge < -0.3 is 29.8 Å². The second-order valence-corrected chi connectivity index (χ2v) is 5.91. The number of ether oxygens (including phenoxy) is 4. The molecule has 0 fully saturated rings. The number of hydrogen-bond acceptors (Lipinski definition) is 7. The number of primary amides is 1. The molecule has 0 aliphatic heterocycles. The molecule has 8 nitrogen and oxygen atoms in total. The summed E-state index contributed by atoms with van der Waals surface area (Å²) in [6, 6.07) is 11.3. The van der Waals surface area contributed by atoms with Crippen molar-refractivity contribution in [1.29, 1.82) is 0 Å². The zero-order valence-electron chi connectivity index (χ0n) is 16.2. The maximum absolute atomic E-state index is 10.6. The van der Waals surface area contributed by atoms with Crippen molar-refractivity contribution >= 4 is 18.2 Å². The zero-order chi connectivity index (χ0) is 20.7. The van der Waals surface area contributed by atoms with Crippen LogP contribution in [0.4, 0.5) is 4.79 Å². The van der Waals surface area contributed by atoms with E-state index in [-0.39, 0.29) is 13.2 Å². The first-order valence-corrected chi connectivity index (χ1v) is 9.22. The number of aromatic nitrogens is 1. The number of aliphatic hydroxyl groups is 1. The fourth-order valence-electron chi connectivity index (χ4n) is 2.24. The van der Waals surface area contributed by atoms with Gasteiger partial charge in [-0.1, -0.05) is 36.4 Å². The first kappa shape index (κ1) is 22.4. The van der Waals surface area contributed by atoms with Gasteiger partial charge in [-0.3, -0.25) is 0 Å². The molecular formula is C21H26N2O6. The number of nitrogens with zero attached hydrogens (tertiary/aromatic N) is 1. The van der Waals surface area contributed by atoms with Crippen molar-refractivity contribution in [3.05, 3.63) is 59.3 Å². The highest BCUT2D eigenvalue weighted by Gasteiger charge is 1.98. The summed E-state index contributed by atoms with van der Waals surface area (Å²) in [5, 5.41) is 8.57. The fraction of sp³-hybridized carbons (Fsp3) is 0.333. The van der Waals surface area contributed by atoms with Crippen LogP contribution in [0.2, 0.25) is 0 Å². The number of amides is 1. The average Bonchev–Trinajstić information content (AvgIpc) is 2.74. The smallest absolute Gasteiger partial charge is 0.404 e. The molecule has 0 bridgehead atoms. The first-order chi connectivity index (χ1) is 14.2. The molecule has 0 spiro atoms. The van der Waals surface area contributed by atoms with Crippen molar-refractivity contribution in [2.75, 3.05) is 39.6 Å². The zero-order valence-corrected chi connectivity index (χ0v) is 16.2. The number of nitrogens with two attached hydrogens (primary N) is 1. The molecule has 1 aromatic carbocycles. The predicted octanol–water partition coefficient (Wildman–Crippen LogP) is 2.25. The lowest BCUT2D eigenvalue weighted by molar-refractivity contribution is 0.0243. The van der Waals surface area contributed by atoms with E-state index in [1.165, 1.54) is 0 Å². The Hall–Kier alpha value is -2.94. The van der Waals surface area contributed by atoms with E-state index in [1.807, 2.05) is 42.5 Å². The molecular weight excluding hydrogens is 376 g/mol. The molecule has 0 aliphatic rings. The third-order valence-electron chi connectivity index (χ3n) is 3.67. The molecule has 2 rings (SSSR count). The summed E-state index contributed by atoms with van der Waals surface area (Å²) in [4.78, 5) is 14.9. The standard InChI is InChI=1S/C21H26N2O6/c22-21(25)29-16-19-5-2-17(3-6-19)1-4-18-7-8-20(23-15-18)28-14-13-27-12-11-26-10-9-24/h1-8,15,24H,9-14,16H2,(H2,22,25). The fourth-order valence-corrected chi connectivity index (χ4v) is 2.24. The molecule has 2 aromatic rings. The highest BCUT2D eigenvalue weighted by atomic mass is 16.6. The van der Waals surface area contributed by atoms with E-state index in [1.54, 1.807) is 12.3 Å². The highest BCUT2D eigenvalue weighted by molar-refractivity contribution is 5.69. The number of rotatable bonds is 13. The Morgan fingerprint density at radius 1 is 0.931 bits per heavy atom. The van der Waals surface area contributed by atoms with E-state index in [2.05, 4.69) is 4.98 Å². The normalized spacial score (nSPS) is 10.9. The summed E-state index contributed by atoms with van der Waals surface area (Å²) < 4.78 is 20.7. The van der Waals surface area contributed by atoms with Crippen molar-refractivity contribution in [3.63, 3.8) is 0 Å². The highest BCUT2D eigenvalue weighted by Crippen LogP contribution is 2.12. The minimum absolute atomic E-state index is 0.0140. The van der Waals surface area contributed by atoms with E-state index in [9.17, 15) is 4.79 Å². The van der Waals surface area contributed by atoms with Crippen LogP contribution in [0, 0.1) is 0 Å². The van der Waals surface area contributed by atoms with Gasteiger partial charge in [0.1, 0.15) is 13.2 Å². The lowest BCUT2D eigenvalue weighted by atomic mass is 10.1. The van der Waals surface area contributed by atoms with Crippen LogP contribution in [-0.4, -0.2) is 55.8 Å². The van der Waals surface area contributed by atoms with Gasteiger partial charge in [-0.15, -0.1) is 0 Å². The molecule has 3 N–H and O–H groups in total. The monoisotopic (exact) mass is 402 g/mol. The Bertz CT molecular complexity index is 747. The van der Waals surface area contributed by atoms with E-state index in [0.717, 1.165) is 16.7 Å². The molecule has 0 radical (unpaired) electrons. The second-order valence-electron chi connectivity index (χ2n) is 5.91. The molecule has 0 atom stereocenters. The molecule has 0 saturated carbocycles. The summed E-state index contributed by atoms with van der Waals surface area (Å²) in [7, 11) is 0. The molecule has 156 valence electrons. The number of hydrogen-bond donors (Lipinski definition) is 2. The Labute approximate surface area is 169 Å². The third kappa shape index (κ3) is 9.70. The maximum Gasteiger partial charge on any atom is 0.404 e. The number of carbonyl (C=O) groups is 1. The molecule has 1 amide bonds. The van der Waals surface area contributed by atoms with Gasteiger partial charge in [0.15, 0.2) is 0 Å². The molecule has 1 aromatic heterocycles. The lowest BCUT2D eigenvalue weighted by Crippen LogP contribution is -2.12. The molecule has 0 unspecified atom stereocenters. The first-order valence-electron chi connectivity index (χ1n) is 9.22. The topological polar surface area (TPSA) is 113 Å². The van der Waals surface area contributed by atoms with Gasteiger partial charge in [-0.25, -0.2) is 9.78 Å². The molecule has 0 saturated heterocycles. The SMILES string of the molecule is NC(=O)OCc1ccc(C=Cc2ccc(OCCOCCOCCO)nc2)cc1. The number of aliphatic hydroxyl groups excluding tert-OH is 1. The largest absolute Gasteiger partial charge is 0.475 e. The van der Waals surface area contributed by atoms with Crippen molar-refractivity contribution in [2.24, 2.45) is 5.73 Å². The van der Waals surface area contributed by atoms with Crippen LogP contribution < -0.4 is 10.5 Å². The molecule has 0 aliphatic carbocycles. The third-order valence-corrected chi connectivity index (χ3v) is 3.67. The molecule has 8 heteroatoms. The van der Waals surface area contributed by atoms with Crippen LogP contribution in [0.1, 0.15) is 16.7 Å². The van der Waals surface area contributed by atoms with Crippen molar-refractivity contribution in [2.45, 2.75) is 6.61 Å². The van der Waals surface area contributed by atoms with Crippen LogP contribution in [-0.2, 0) is 20.8 Å². The van der Waals surface area contributed by atoms with Gasteiger partial charge in [-0.2, -0.15) is 0 Å². The quantitative estimate of drug-likeness (QED) is 0.494.